The number of pyridine rings is 1. The summed E-state index contributed by atoms with van der Waals surface area (Å²) in [5.74, 6) is 0.300. The maximum absolute atomic E-state index is 14.3. The highest BCUT2D eigenvalue weighted by atomic mass is 19.1. The minimum absolute atomic E-state index is 0.245. The molecule has 5 aromatic rings. The van der Waals surface area contributed by atoms with E-state index in [0.717, 1.165) is 27.7 Å². The van der Waals surface area contributed by atoms with E-state index in [9.17, 15) is 4.39 Å². The van der Waals surface area contributed by atoms with E-state index in [0.29, 0.717) is 6.54 Å². The second-order valence-corrected chi connectivity index (χ2v) is 9.42. The first-order valence-corrected chi connectivity index (χ1v) is 11.7. The van der Waals surface area contributed by atoms with Crippen LogP contribution in [0.4, 0.5) is 10.3 Å². The van der Waals surface area contributed by atoms with Gasteiger partial charge >= 0.3 is 0 Å². The lowest BCUT2D eigenvalue weighted by Gasteiger charge is -2.35. The molecule has 0 saturated carbocycles. The third kappa shape index (κ3) is 4.16. The molecule has 1 unspecified atom stereocenters. The highest BCUT2D eigenvalue weighted by molar-refractivity contribution is 5.86. The zero-order valence-corrected chi connectivity index (χ0v) is 20.1. The van der Waals surface area contributed by atoms with Crippen LogP contribution in [-0.4, -0.2) is 19.5 Å². The van der Waals surface area contributed by atoms with Crippen LogP contribution in [0.3, 0.4) is 0 Å². The molecule has 5 rings (SSSR count). The molecule has 5 nitrogen and oxygen atoms in total. The van der Waals surface area contributed by atoms with Crippen molar-refractivity contribution in [3.8, 4) is 11.1 Å². The molecule has 176 valence electrons. The van der Waals surface area contributed by atoms with E-state index >= 15 is 0 Å². The van der Waals surface area contributed by atoms with Crippen molar-refractivity contribution < 1.29 is 4.39 Å². The Morgan fingerprint density at radius 3 is 2.34 bits per heavy atom. The quantitative estimate of drug-likeness (QED) is 0.323. The third-order valence-electron chi connectivity index (χ3n) is 7.11. The van der Waals surface area contributed by atoms with E-state index in [1.165, 1.54) is 11.1 Å². The number of nitrogens with zero attached hydrogens (tertiary/aromatic N) is 4. The normalized spacial score (nSPS) is 13.3. The predicted molar refractivity (Wildman–Crippen MR) is 138 cm³/mol. The maximum Gasteiger partial charge on any atom is 0.219 e. The summed E-state index contributed by atoms with van der Waals surface area (Å²) in [6, 6.07) is 19.4. The van der Waals surface area contributed by atoms with Crippen molar-refractivity contribution in [1.82, 2.24) is 19.5 Å². The number of aromatic nitrogens is 4. The van der Waals surface area contributed by atoms with Crippen LogP contribution < -0.4 is 5.73 Å². The number of hydrogen-bond acceptors (Lipinski definition) is 4. The Labute approximate surface area is 204 Å². The number of halogens is 1. The number of nitrogen functional groups attached to an aromatic ring is 1. The fourth-order valence-electron chi connectivity index (χ4n) is 4.77. The number of benzene rings is 2. The zero-order chi connectivity index (χ0) is 24.6. The molecule has 3 aromatic heterocycles. The van der Waals surface area contributed by atoms with Crippen LogP contribution in [-0.2, 0) is 12.0 Å². The van der Waals surface area contributed by atoms with Gasteiger partial charge in [-0.1, -0.05) is 51.1 Å². The van der Waals surface area contributed by atoms with E-state index in [2.05, 4.69) is 70.8 Å². The largest absolute Gasteiger partial charge is 0.368 e. The van der Waals surface area contributed by atoms with Crippen LogP contribution in [0.2, 0.25) is 0 Å². The zero-order valence-electron chi connectivity index (χ0n) is 20.1. The summed E-state index contributed by atoms with van der Waals surface area (Å²) in [5, 5.41) is 1.05. The molecule has 0 fully saturated rings. The Morgan fingerprint density at radius 1 is 0.943 bits per heavy atom. The molecular formula is C29H28FN5. The summed E-state index contributed by atoms with van der Waals surface area (Å²) in [7, 11) is 0. The van der Waals surface area contributed by atoms with Gasteiger partial charge in [0, 0.05) is 41.2 Å². The standard InChI is InChI=1S/C29H28FN5/c1-19(2)29(3,22-9-7-20(8-10-22)21-15-33-28(31)34-16-21)26-18-35(17-24-6-4-5-13-32-24)27-14-23(30)11-12-25(26)27/h4-16,18-19H,17H2,1-3H3,(H2,31,33,34). The first kappa shape index (κ1) is 22.7. The van der Waals surface area contributed by atoms with Crippen molar-refractivity contribution >= 4 is 16.9 Å². The highest BCUT2D eigenvalue weighted by Crippen LogP contribution is 2.43. The Kier molecular flexibility index (Phi) is 5.81. The van der Waals surface area contributed by atoms with Crippen molar-refractivity contribution in [2.45, 2.75) is 32.7 Å². The molecule has 0 aliphatic heterocycles. The van der Waals surface area contributed by atoms with Gasteiger partial charge < -0.3 is 10.3 Å². The SMILES string of the molecule is CC(C)C(C)(c1ccc(-c2cnc(N)nc2)cc1)c1cn(Cc2ccccn2)c2cc(F)ccc12. The van der Waals surface area contributed by atoms with Crippen molar-refractivity contribution in [3.63, 3.8) is 0 Å². The van der Waals surface area contributed by atoms with Gasteiger partial charge in [0.25, 0.3) is 0 Å². The van der Waals surface area contributed by atoms with Crippen molar-refractivity contribution in [2.24, 2.45) is 5.92 Å². The predicted octanol–water partition coefficient (Wildman–Crippen LogP) is 6.22. The van der Waals surface area contributed by atoms with Crippen molar-refractivity contribution in [1.29, 1.82) is 0 Å². The summed E-state index contributed by atoms with van der Waals surface area (Å²) >= 11 is 0. The van der Waals surface area contributed by atoms with Gasteiger partial charge in [-0.25, -0.2) is 14.4 Å². The van der Waals surface area contributed by atoms with Gasteiger partial charge in [-0.2, -0.15) is 0 Å². The van der Waals surface area contributed by atoms with E-state index in [1.807, 2.05) is 24.3 Å². The van der Waals surface area contributed by atoms with Crippen molar-refractivity contribution in [3.05, 3.63) is 108 Å². The number of nitrogens with two attached hydrogens (primary N) is 1. The Balaban J connectivity index is 1.62. The molecule has 2 aromatic carbocycles. The van der Waals surface area contributed by atoms with Gasteiger partial charge in [0.2, 0.25) is 5.95 Å². The van der Waals surface area contributed by atoms with Gasteiger partial charge in [-0.3, -0.25) is 4.98 Å². The van der Waals surface area contributed by atoms with Crippen LogP contribution in [0.15, 0.2) is 85.5 Å². The van der Waals surface area contributed by atoms with Crippen LogP contribution in [0.5, 0.6) is 0 Å². The molecule has 2 N–H and O–H groups in total. The number of fused-ring (bicyclic) bond motifs is 1. The van der Waals surface area contributed by atoms with Gasteiger partial charge in [0.05, 0.1) is 17.8 Å². The summed E-state index contributed by atoms with van der Waals surface area (Å²) in [6.07, 6.45) is 7.42. The summed E-state index contributed by atoms with van der Waals surface area (Å²) in [6.45, 7) is 7.30. The molecule has 0 aliphatic carbocycles. The molecule has 0 radical (unpaired) electrons. The fraction of sp³-hybridized carbons (Fsp3) is 0.207. The van der Waals surface area contributed by atoms with Crippen LogP contribution in [0.25, 0.3) is 22.0 Å². The highest BCUT2D eigenvalue weighted by Gasteiger charge is 2.35. The maximum atomic E-state index is 14.3. The van der Waals surface area contributed by atoms with Crippen molar-refractivity contribution in [2.75, 3.05) is 5.73 Å². The third-order valence-corrected chi connectivity index (χ3v) is 7.11. The molecule has 0 amide bonds. The lowest BCUT2D eigenvalue weighted by molar-refractivity contribution is 0.407. The second kappa shape index (κ2) is 8.95. The molecule has 35 heavy (non-hydrogen) atoms. The fourth-order valence-corrected chi connectivity index (χ4v) is 4.77. The molecular weight excluding hydrogens is 437 g/mol. The summed E-state index contributed by atoms with van der Waals surface area (Å²) in [4.78, 5) is 12.7. The lowest BCUT2D eigenvalue weighted by Crippen LogP contribution is -2.30. The number of hydrogen-bond donors (Lipinski definition) is 1. The molecule has 6 heteroatoms. The first-order valence-electron chi connectivity index (χ1n) is 11.7. The van der Waals surface area contributed by atoms with E-state index in [-0.39, 0.29) is 23.1 Å². The lowest BCUT2D eigenvalue weighted by atomic mass is 9.68. The van der Waals surface area contributed by atoms with E-state index in [1.54, 1.807) is 30.7 Å². The number of anilines is 1. The first-order chi connectivity index (χ1) is 16.9. The number of rotatable bonds is 6. The molecule has 0 spiro atoms. The van der Waals surface area contributed by atoms with E-state index < -0.39 is 0 Å². The average Bonchev–Trinajstić information content (AvgIpc) is 3.22. The Morgan fingerprint density at radius 2 is 1.69 bits per heavy atom. The summed E-state index contributed by atoms with van der Waals surface area (Å²) in [5.41, 5.74) is 11.4. The molecule has 1 atom stereocenters. The van der Waals surface area contributed by atoms with E-state index in [4.69, 9.17) is 5.73 Å². The molecule has 0 bridgehead atoms. The minimum atomic E-state index is -0.304. The monoisotopic (exact) mass is 465 g/mol. The van der Waals surface area contributed by atoms with Gasteiger partial charge in [0.1, 0.15) is 5.82 Å². The second-order valence-electron chi connectivity index (χ2n) is 9.42. The van der Waals surface area contributed by atoms with Gasteiger partial charge in [-0.15, -0.1) is 0 Å². The minimum Gasteiger partial charge on any atom is -0.368 e. The summed E-state index contributed by atoms with van der Waals surface area (Å²) < 4.78 is 16.4. The average molecular weight is 466 g/mol. The molecule has 0 aliphatic rings. The Bertz CT molecular complexity index is 1460. The van der Waals surface area contributed by atoms with Crippen LogP contribution in [0.1, 0.15) is 37.6 Å². The molecule has 3 heterocycles. The van der Waals surface area contributed by atoms with Gasteiger partial charge in [-0.05, 0) is 52.9 Å². The molecule has 0 saturated heterocycles. The van der Waals surface area contributed by atoms with Gasteiger partial charge in [0.15, 0.2) is 0 Å². The van der Waals surface area contributed by atoms with Crippen LogP contribution >= 0.6 is 0 Å². The smallest absolute Gasteiger partial charge is 0.219 e. The van der Waals surface area contributed by atoms with Crippen LogP contribution in [0, 0.1) is 11.7 Å². The Hall–Kier alpha value is -4.06. The topological polar surface area (TPSA) is 69.6 Å².